The van der Waals surface area contributed by atoms with Crippen molar-refractivity contribution in [1.82, 2.24) is 15.5 Å². The second kappa shape index (κ2) is 9.26. The molecule has 0 spiro atoms. The van der Waals surface area contributed by atoms with Gasteiger partial charge in [-0.3, -0.25) is 4.79 Å². The van der Waals surface area contributed by atoms with Gasteiger partial charge in [-0.25, -0.2) is 0 Å². The van der Waals surface area contributed by atoms with Gasteiger partial charge >= 0.3 is 0 Å². The Morgan fingerprint density at radius 2 is 1.61 bits per heavy atom. The summed E-state index contributed by atoms with van der Waals surface area (Å²) in [6.45, 7) is 4.56. The summed E-state index contributed by atoms with van der Waals surface area (Å²) >= 11 is 0. The number of rotatable bonds is 7. The van der Waals surface area contributed by atoms with E-state index in [1.54, 1.807) is 18.2 Å². The van der Waals surface area contributed by atoms with E-state index in [1.807, 2.05) is 68.4 Å². The first kappa shape index (κ1) is 20.3. The van der Waals surface area contributed by atoms with Crippen LogP contribution >= 0.6 is 0 Å². The number of carbonyl (C=O) groups is 1. The molecule has 4 aromatic rings. The van der Waals surface area contributed by atoms with Gasteiger partial charge < -0.3 is 14.6 Å². The molecule has 0 bridgehead atoms. The summed E-state index contributed by atoms with van der Waals surface area (Å²) in [5.41, 5.74) is 4.70. The highest BCUT2D eigenvalue weighted by Gasteiger charge is 2.14. The number of ether oxygens (including phenoxy) is 1. The number of aromatic nitrogens is 2. The van der Waals surface area contributed by atoms with Crippen LogP contribution in [0.5, 0.6) is 5.75 Å². The van der Waals surface area contributed by atoms with Crippen LogP contribution in [0.1, 0.15) is 32.9 Å². The molecule has 0 unspecified atom stereocenters. The number of hydrogen-bond acceptors (Lipinski definition) is 5. The van der Waals surface area contributed by atoms with Gasteiger partial charge in [0, 0.05) is 12.1 Å². The van der Waals surface area contributed by atoms with Gasteiger partial charge in [-0.2, -0.15) is 4.98 Å². The molecule has 1 aromatic heterocycles. The topological polar surface area (TPSA) is 77.2 Å². The molecule has 6 nitrogen and oxygen atoms in total. The minimum absolute atomic E-state index is 0.0706. The molecule has 1 amide bonds. The zero-order valence-corrected chi connectivity index (χ0v) is 17.5. The van der Waals surface area contributed by atoms with Crippen molar-refractivity contribution >= 4 is 5.91 Å². The molecule has 0 saturated carbocycles. The van der Waals surface area contributed by atoms with Gasteiger partial charge in [-0.1, -0.05) is 76.9 Å². The lowest BCUT2D eigenvalue weighted by molar-refractivity contribution is 0.0945. The van der Waals surface area contributed by atoms with Gasteiger partial charge in [0.1, 0.15) is 5.75 Å². The van der Waals surface area contributed by atoms with Crippen molar-refractivity contribution in [2.24, 2.45) is 0 Å². The van der Waals surface area contributed by atoms with Crippen molar-refractivity contribution in [3.63, 3.8) is 0 Å². The Labute approximate surface area is 180 Å². The second-order valence-electron chi connectivity index (χ2n) is 7.33. The summed E-state index contributed by atoms with van der Waals surface area (Å²) in [7, 11) is 0. The molecule has 0 saturated heterocycles. The molecule has 31 heavy (non-hydrogen) atoms. The number of nitrogens with zero attached hydrogens (tertiary/aromatic N) is 2. The molecule has 6 heteroatoms. The van der Waals surface area contributed by atoms with Gasteiger partial charge in [0.15, 0.2) is 6.61 Å². The first-order valence-corrected chi connectivity index (χ1v) is 10.0. The van der Waals surface area contributed by atoms with Crippen LogP contribution in [-0.4, -0.2) is 16.0 Å². The van der Waals surface area contributed by atoms with Crippen molar-refractivity contribution in [2.75, 3.05) is 0 Å². The number of amides is 1. The lowest BCUT2D eigenvalue weighted by Gasteiger charge is -2.10. The van der Waals surface area contributed by atoms with Gasteiger partial charge in [-0.05, 0) is 31.5 Å². The summed E-state index contributed by atoms with van der Waals surface area (Å²) in [5, 5.41) is 6.94. The Morgan fingerprint density at radius 1 is 0.935 bits per heavy atom. The molecule has 3 aromatic carbocycles. The lowest BCUT2D eigenvalue weighted by Crippen LogP contribution is -2.23. The Bertz CT molecular complexity index is 1170. The zero-order valence-electron chi connectivity index (χ0n) is 17.5. The summed E-state index contributed by atoms with van der Waals surface area (Å²) in [5.74, 6) is 1.09. The predicted octanol–water partition coefficient (Wildman–Crippen LogP) is 4.86. The van der Waals surface area contributed by atoms with Crippen molar-refractivity contribution < 1.29 is 14.1 Å². The largest absolute Gasteiger partial charge is 0.483 e. The van der Waals surface area contributed by atoms with Gasteiger partial charge in [-0.15, -0.1) is 0 Å². The molecule has 0 aliphatic rings. The van der Waals surface area contributed by atoms with E-state index in [-0.39, 0.29) is 12.5 Å². The average Bonchev–Trinajstić information content (AvgIpc) is 3.27. The summed E-state index contributed by atoms with van der Waals surface area (Å²) in [6, 6.07) is 23.0. The highest BCUT2D eigenvalue weighted by atomic mass is 16.5. The van der Waals surface area contributed by atoms with Crippen LogP contribution in [0.2, 0.25) is 0 Å². The first-order chi connectivity index (χ1) is 15.1. The standard InChI is InChI=1S/C25H23N3O3/c1-17-7-11-19(12-8-17)15-26-25(29)21-5-3-4-6-22(21)30-16-23-27-24(28-31-23)20-13-9-18(2)10-14-20/h3-14H,15-16H2,1-2H3,(H,26,29). The Hall–Kier alpha value is -3.93. The fourth-order valence-corrected chi connectivity index (χ4v) is 3.04. The zero-order chi connectivity index (χ0) is 21.6. The average molecular weight is 413 g/mol. The molecular weight excluding hydrogens is 390 g/mol. The normalized spacial score (nSPS) is 10.6. The lowest BCUT2D eigenvalue weighted by atomic mass is 10.1. The van der Waals surface area contributed by atoms with Crippen LogP contribution in [-0.2, 0) is 13.2 Å². The molecule has 0 aliphatic carbocycles. The van der Waals surface area contributed by atoms with Gasteiger partial charge in [0.2, 0.25) is 5.82 Å². The summed E-state index contributed by atoms with van der Waals surface area (Å²) in [4.78, 5) is 17.1. The number of carbonyl (C=O) groups excluding carboxylic acids is 1. The summed E-state index contributed by atoms with van der Waals surface area (Å²) < 4.78 is 11.1. The van der Waals surface area contributed by atoms with Crippen molar-refractivity contribution in [2.45, 2.75) is 27.0 Å². The van der Waals surface area contributed by atoms with Crippen molar-refractivity contribution in [1.29, 1.82) is 0 Å². The van der Waals surface area contributed by atoms with Crippen molar-refractivity contribution in [3.8, 4) is 17.1 Å². The molecule has 0 fully saturated rings. The fourth-order valence-electron chi connectivity index (χ4n) is 3.04. The molecule has 1 N–H and O–H groups in total. The fraction of sp³-hybridized carbons (Fsp3) is 0.160. The molecule has 0 aliphatic heterocycles. The molecule has 4 rings (SSSR count). The van der Waals surface area contributed by atoms with E-state index in [2.05, 4.69) is 15.5 Å². The van der Waals surface area contributed by atoms with Crippen LogP contribution in [0.3, 0.4) is 0 Å². The van der Waals surface area contributed by atoms with Crippen LogP contribution in [0.4, 0.5) is 0 Å². The van der Waals surface area contributed by atoms with Gasteiger partial charge in [0.05, 0.1) is 5.56 Å². The van der Waals surface area contributed by atoms with E-state index in [0.717, 1.165) is 16.7 Å². The minimum atomic E-state index is -0.206. The highest BCUT2D eigenvalue weighted by molar-refractivity contribution is 5.96. The van der Waals surface area contributed by atoms with Crippen LogP contribution in [0, 0.1) is 13.8 Å². The molecule has 1 heterocycles. The van der Waals surface area contributed by atoms with Crippen molar-refractivity contribution in [3.05, 3.63) is 101 Å². The molecule has 0 atom stereocenters. The predicted molar refractivity (Wildman–Crippen MR) is 118 cm³/mol. The first-order valence-electron chi connectivity index (χ1n) is 10.0. The number of nitrogens with one attached hydrogen (secondary N) is 1. The third kappa shape index (κ3) is 5.17. The Morgan fingerprint density at radius 3 is 2.35 bits per heavy atom. The van der Waals surface area contributed by atoms with E-state index in [1.165, 1.54) is 5.56 Å². The van der Waals surface area contributed by atoms with E-state index in [4.69, 9.17) is 9.26 Å². The number of hydrogen-bond donors (Lipinski definition) is 1. The molecule has 0 radical (unpaired) electrons. The van der Waals surface area contributed by atoms with E-state index < -0.39 is 0 Å². The summed E-state index contributed by atoms with van der Waals surface area (Å²) in [6.07, 6.45) is 0. The minimum Gasteiger partial charge on any atom is -0.483 e. The third-order valence-corrected chi connectivity index (χ3v) is 4.83. The maximum Gasteiger partial charge on any atom is 0.264 e. The van der Waals surface area contributed by atoms with Crippen LogP contribution in [0.25, 0.3) is 11.4 Å². The van der Waals surface area contributed by atoms with Crippen LogP contribution in [0.15, 0.2) is 77.3 Å². The number of benzene rings is 3. The number of para-hydroxylation sites is 1. The SMILES string of the molecule is Cc1ccc(CNC(=O)c2ccccc2OCc2nc(-c3ccc(C)cc3)no2)cc1. The van der Waals surface area contributed by atoms with E-state index in [9.17, 15) is 4.79 Å². The Kier molecular flexibility index (Phi) is 6.08. The number of aryl methyl sites for hydroxylation is 2. The molecular formula is C25H23N3O3. The van der Waals surface area contributed by atoms with E-state index in [0.29, 0.717) is 29.6 Å². The quantitative estimate of drug-likeness (QED) is 0.468. The van der Waals surface area contributed by atoms with Gasteiger partial charge in [0.25, 0.3) is 11.8 Å². The second-order valence-corrected chi connectivity index (χ2v) is 7.33. The van der Waals surface area contributed by atoms with Crippen LogP contribution < -0.4 is 10.1 Å². The third-order valence-electron chi connectivity index (χ3n) is 4.83. The maximum absolute atomic E-state index is 12.7. The maximum atomic E-state index is 12.7. The van der Waals surface area contributed by atoms with E-state index >= 15 is 0 Å². The molecule has 156 valence electrons. The highest BCUT2D eigenvalue weighted by Crippen LogP contribution is 2.21. The smallest absolute Gasteiger partial charge is 0.264 e. The monoisotopic (exact) mass is 413 g/mol. The Balaban J connectivity index is 1.40.